The van der Waals surface area contributed by atoms with Gasteiger partial charge in [-0.15, -0.1) is 0 Å². The van der Waals surface area contributed by atoms with Crippen LogP contribution in [0.15, 0.2) is 30.3 Å². The van der Waals surface area contributed by atoms with Crippen molar-refractivity contribution in [1.82, 2.24) is 0 Å². The van der Waals surface area contributed by atoms with Crippen molar-refractivity contribution in [3.05, 3.63) is 35.9 Å². The maximum absolute atomic E-state index is 10.3. The van der Waals surface area contributed by atoms with E-state index in [-0.39, 0.29) is 24.4 Å². The van der Waals surface area contributed by atoms with E-state index in [0.29, 0.717) is 13.2 Å². The summed E-state index contributed by atoms with van der Waals surface area (Å²) >= 11 is 0. The second-order valence-electron chi connectivity index (χ2n) is 5.98. The number of aliphatic hydroxyl groups excluding tert-OH is 3. The highest BCUT2D eigenvalue weighted by Gasteiger charge is 2.30. The molecule has 0 aliphatic carbocycles. The predicted molar refractivity (Wildman–Crippen MR) is 82.7 cm³/mol. The molecule has 1 rings (SSSR count). The SMILES string of the molecule is C[C@H]([C@@H](O)[C@@H](C)COCc1ccccc1)[C@H](O)[C@@H](C)CO. The highest BCUT2D eigenvalue weighted by molar-refractivity contribution is 5.13. The number of benzene rings is 1. The molecule has 21 heavy (non-hydrogen) atoms. The van der Waals surface area contributed by atoms with Crippen molar-refractivity contribution in [2.75, 3.05) is 13.2 Å². The summed E-state index contributed by atoms with van der Waals surface area (Å²) in [5, 5.41) is 29.4. The van der Waals surface area contributed by atoms with E-state index in [0.717, 1.165) is 5.56 Å². The zero-order valence-corrected chi connectivity index (χ0v) is 13.1. The Morgan fingerprint density at radius 3 is 2.10 bits per heavy atom. The minimum atomic E-state index is -0.721. The molecule has 0 unspecified atom stereocenters. The fourth-order valence-electron chi connectivity index (χ4n) is 2.38. The Bertz CT molecular complexity index is 382. The summed E-state index contributed by atoms with van der Waals surface area (Å²) in [7, 11) is 0. The lowest BCUT2D eigenvalue weighted by Crippen LogP contribution is -2.39. The molecule has 0 spiro atoms. The van der Waals surface area contributed by atoms with Crippen LogP contribution < -0.4 is 0 Å². The van der Waals surface area contributed by atoms with Gasteiger partial charge in [-0.3, -0.25) is 0 Å². The molecule has 4 nitrogen and oxygen atoms in total. The molecule has 0 radical (unpaired) electrons. The quantitative estimate of drug-likeness (QED) is 0.650. The number of rotatable bonds is 9. The van der Waals surface area contributed by atoms with E-state index in [1.165, 1.54) is 0 Å². The molecule has 4 heteroatoms. The van der Waals surface area contributed by atoms with Crippen LogP contribution in [-0.2, 0) is 11.3 Å². The van der Waals surface area contributed by atoms with E-state index >= 15 is 0 Å². The second-order valence-corrected chi connectivity index (χ2v) is 5.98. The van der Waals surface area contributed by atoms with Crippen molar-refractivity contribution >= 4 is 0 Å². The smallest absolute Gasteiger partial charge is 0.0717 e. The fourth-order valence-corrected chi connectivity index (χ4v) is 2.38. The minimum absolute atomic E-state index is 0.0794. The van der Waals surface area contributed by atoms with Crippen LogP contribution in [0.2, 0.25) is 0 Å². The molecule has 0 aliphatic rings. The molecule has 0 saturated heterocycles. The first-order chi connectivity index (χ1) is 9.97. The Balaban J connectivity index is 2.38. The third-order valence-corrected chi connectivity index (χ3v) is 4.02. The molecule has 5 atom stereocenters. The zero-order valence-electron chi connectivity index (χ0n) is 13.1. The van der Waals surface area contributed by atoms with Crippen LogP contribution in [0.5, 0.6) is 0 Å². The number of hydrogen-bond acceptors (Lipinski definition) is 4. The Morgan fingerprint density at radius 2 is 1.52 bits per heavy atom. The van der Waals surface area contributed by atoms with E-state index in [2.05, 4.69) is 0 Å². The van der Waals surface area contributed by atoms with Crippen molar-refractivity contribution in [3.8, 4) is 0 Å². The van der Waals surface area contributed by atoms with E-state index in [4.69, 9.17) is 9.84 Å². The number of hydrogen-bond donors (Lipinski definition) is 3. The molecule has 0 aliphatic heterocycles. The molecule has 0 amide bonds. The summed E-state index contributed by atoms with van der Waals surface area (Å²) in [6.07, 6.45) is -1.38. The zero-order chi connectivity index (χ0) is 15.8. The van der Waals surface area contributed by atoms with Crippen LogP contribution in [-0.4, -0.2) is 40.7 Å². The largest absolute Gasteiger partial charge is 0.396 e. The van der Waals surface area contributed by atoms with Crippen LogP contribution in [0.3, 0.4) is 0 Å². The van der Waals surface area contributed by atoms with Gasteiger partial charge in [0.1, 0.15) is 0 Å². The third kappa shape index (κ3) is 5.75. The van der Waals surface area contributed by atoms with Gasteiger partial charge in [0.2, 0.25) is 0 Å². The number of ether oxygens (including phenoxy) is 1. The maximum Gasteiger partial charge on any atom is 0.0717 e. The first kappa shape index (κ1) is 18.1. The van der Waals surface area contributed by atoms with Crippen LogP contribution in [0, 0.1) is 17.8 Å². The first-order valence-corrected chi connectivity index (χ1v) is 7.56. The Kier molecular flexibility index (Phi) is 7.89. The summed E-state index contributed by atoms with van der Waals surface area (Å²) in [4.78, 5) is 0. The van der Waals surface area contributed by atoms with E-state index in [1.807, 2.05) is 37.3 Å². The molecule has 0 heterocycles. The summed E-state index contributed by atoms with van der Waals surface area (Å²) < 4.78 is 5.63. The minimum Gasteiger partial charge on any atom is -0.396 e. The van der Waals surface area contributed by atoms with Gasteiger partial charge in [-0.05, 0) is 5.56 Å². The van der Waals surface area contributed by atoms with Gasteiger partial charge in [-0.1, -0.05) is 51.1 Å². The Morgan fingerprint density at radius 1 is 0.952 bits per heavy atom. The van der Waals surface area contributed by atoms with Gasteiger partial charge in [0.25, 0.3) is 0 Å². The van der Waals surface area contributed by atoms with Crippen molar-refractivity contribution in [2.24, 2.45) is 17.8 Å². The average Bonchev–Trinajstić information content (AvgIpc) is 2.52. The molecular weight excluding hydrogens is 268 g/mol. The standard InChI is InChI=1S/C17H28O4/c1-12(9-18)16(19)14(3)17(20)13(2)10-21-11-15-7-5-4-6-8-15/h4-8,12-14,16-20H,9-11H2,1-3H3/t12-,13-,14-,16+,17-/m0/s1. The van der Waals surface area contributed by atoms with Gasteiger partial charge >= 0.3 is 0 Å². The van der Waals surface area contributed by atoms with Crippen molar-refractivity contribution in [3.63, 3.8) is 0 Å². The maximum atomic E-state index is 10.3. The lowest BCUT2D eigenvalue weighted by atomic mass is 9.85. The monoisotopic (exact) mass is 296 g/mol. The third-order valence-electron chi connectivity index (χ3n) is 4.02. The lowest BCUT2D eigenvalue weighted by molar-refractivity contribution is -0.0556. The van der Waals surface area contributed by atoms with Gasteiger partial charge in [-0.2, -0.15) is 0 Å². The van der Waals surface area contributed by atoms with E-state index in [1.54, 1.807) is 13.8 Å². The molecule has 3 N–H and O–H groups in total. The van der Waals surface area contributed by atoms with Gasteiger partial charge in [-0.25, -0.2) is 0 Å². The summed E-state index contributed by atoms with van der Waals surface area (Å²) in [6.45, 7) is 6.34. The molecule has 120 valence electrons. The lowest BCUT2D eigenvalue weighted by Gasteiger charge is -2.31. The Hall–Kier alpha value is -0.940. The van der Waals surface area contributed by atoms with Crippen molar-refractivity contribution < 1.29 is 20.1 Å². The molecule has 0 saturated carbocycles. The molecule has 0 bridgehead atoms. The van der Waals surface area contributed by atoms with Gasteiger partial charge in [0, 0.05) is 24.4 Å². The topological polar surface area (TPSA) is 69.9 Å². The van der Waals surface area contributed by atoms with Crippen LogP contribution in [0.1, 0.15) is 26.3 Å². The molecular formula is C17H28O4. The fraction of sp³-hybridized carbons (Fsp3) is 0.647. The second kappa shape index (κ2) is 9.15. The van der Waals surface area contributed by atoms with Crippen molar-refractivity contribution in [1.29, 1.82) is 0 Å². The van der Waals surface area contributed by atoms with Crippen molar-refractivity contribution in [2.45, 2.75) is 39.6 Å². The predicted octanol–water partition coefficient (Wildman–Crippen LogP) is 1.83. The normalized spacial score (nSPS) is 18.8. The summed E-state index contributed by atoms with van der Waals surface area (Å²) in [5.74, 6) is -0.626. The van der Waals surface area contributed by atoms with Gasteiger partial charge in [0.05, 0.1) is 25.4 Å². The number of aliphatic hydroxyl groups is 3. The highest BCUT2D eigenvalue weighted by atomic mass is 16.5. The molecule has 1 aromatic carbocycles. The van der Waals surface area contributed by atoms with Crippen LogP contribution >= 0.6 is 0 Å². The van der Waals surface area contributed by atoms with Gasteiger partial charge in [0.15, 0.2) is 0 Å². The van der Waals surface area contributed by atoms with Gasteiger partial charge < -0.3 is 20.1 Å². The summed E-state index contributed by atoms with van der Waals surface area (Å²) in [5.41, 5.74) is 1.10. The molecule has 0 fully saturated rings. The van der Waals surface area contributed by atoms with Crippen LogP contribution in [0.4, 0.5) is 0 Å². The highest BCUT2D eigenvalue weighted by Crippen LogP contribution is 2.21. The average molecular weight is 296 g/mol. The molecule has 0 aromatic heterocycles. The van der Waals surface area contributed by atoms with E-state index < -0.39 is 12.2 Å². The molecule has 1 aromatic rings. The Labute approximate surface area is 127 Å². The van der Waals surface area contributed by atoms with E-state index in [9.17, 15) is 10.2 Å². The van der Waals surface area contributed by atoms with Crippen LogP contribution in [0.25, 0.3) is 0 Å². The first-order valence-electron chi connectivity index (χ1n) is 7.56. The summed E-state index contributed by atoms with van der Waals surface area (Å²) in [6, 6.07) is 9.88.